The van der Waals surface area contributed by atoms with Crippen LogP contribution >= 0.6 is 0 Å². The number of benzene rings is 2. The van der Waals surface area contributed by atoms with Gasteiger partial charge in [-0.1, -0.05) is 49.4 Å². The van der Waals surface area contributed by atoms with Gasteiger partial charge >= 0.3 is 0 Å². The Balaban J connectivity index is 1.84. The first-order chi connectivity index (χ1) is 17.5. The van der Waals surface area contributed by atoms with Crippen molar-refractivity contribution in [2.45, 2.75) is 52.1 Å². The highest BCUT2D eigenvalue weighted by atomic mass is 19.1. The molecule has 1 amide bonds. The molecule has 0 radical (unpaired) electrons. The van der Waals surface area contributed by atoms with Crippen molar-refractivity contribution in [3.05, 3.63) is 77.2 Å². The van der Waals surface area contributed by atoms with Gasteiger partial charge in [-0.3, -0.25) is 4.79 Å². The Kier molecular flexibility index (Phi) is 8.65. The number of nitrogens with zero attached hydrogens (tertiary/aromatic N) is 4. The first-order valence-corrected chi connectivity index (χ1v) is 12.8. The number of carbonyl (C=O) groups excluding carboxylic acids is 1. The molecule has 190 valence electrons. The van der Waals surface area contributed by atoms with Gasteiger partial charge < -0.3 is 14.5 Å². The van der Waals surface area contributed by atoms with Crippen molar-refractivity contribution in [2.24, 2.45) is 0 Å². The van der Waals surface area contributed by atoms with E-state index in [1.807, 2.05) is 49.1 Å². The number of hydrogen-bond donors (Lipinski definition) is 0. The van der Waals surface area contributed by atoms with E-state index >= 15 is 4.39 Å². The molecule has 1 aliphatic rings. The van der Waals surface area contributed by atoms with Crippen LogP contribution in [0.4, 0.5) is 10.3 Å². The molecule has 3 aromatic rings. The summed E-state index contributed by atoms with van der Waals surface area (Å²) in [7, 11) is 1.64. The average Bonchev–Trinajstić information content (AvgIpc) is 2.91. The molecule has 0 bridgehead atoms. The largest absolute Gasteiger partial charge is 0.383 e. The van der Waals surface area contributed by atoms with Crippen LogP contribution in [0.5, 0.6) is 0 Å². The number of ether oxygens (including phenoxy) is 1. The summed E-state index contributed by atoms with van der Waals surface area (Å²) in [5.41, 5.74) is 2.56. The summed E-state index contributed by atoms with van der Waals surface area (Å²) in [5.74, 6) is -0.0722. The zero-order valence-electron chi connectivity index (χ0n) is 21.4. The Morgan fingerprint density at radius 3 is 2.42 bits per heavy atom. The van der Waals surface area contributed by atoms with Crippen LogP contribution in [0.1, 0.15) is 54.2 Å². The molecule has 1 aliphatic heterocycles. The van der Waals surface area contributed by atoms with Gasteiger partial charge in [0, 0.05) is 32.3 Å². The van der Waals surface area contributed by atoms with Gasteiger partial charge in [0.2, 0.25) is 5.95 Å². The second kappa shape index (κ2) is 12.1. The van der Waals surface area contributed by atoms with E-state index in [2.05, 4.69) is 4.90 Å². The third-order valence-electron chi connectivity index (χ3n) is 6.79. The molecule has 1 atom stereocenters. The van der Waals surface area contributed by atoms with Gasteiger partial charge in [-0.05, 0) is 50.3 Å². The number of aryl methyl sites for hydroxylation is 1. The quantitative estimate of drug-likeness (QED) is 0.388. The molecule has 1 saturated heterocycles. The van der Waals surface area contributed by atoms with E-state index in [4.69, 9.17) is 14.7 Å². The molecule has 4 rings (SSSR count). The lowest BCUT2D eigenvalue weighted by atomic mass is 10.0. The molecule has 7 heteroatoms. The number of hydrogen-bond acceptors (Lipinski definition) is 5. The number of piperidine rings is 1. The molecule has 36 heavy (non-hydrogen) atoms. The first-order valence-electron chi connectivity index (χ1n) is 12.8. The standard InChI is InChI=1S/C29H35FN4O2/c1-4-23(20-36-3)34(19-22-13-7-5-8-14-22)28(35)26-21(2)31-29(33-17-11-6-12-18-33)32-27(26)24-15-9-10-16-25(24)30/h5,7-10,13-16,23H,4,6,11-12,17-20H2,1-3H3. The van der Waals surface area contributed by atoms with Gasteiger partial charge in [0.15, 0.2) is 0 Å². The number of rotatable bonds is 9. The molecular formula is C29H35FN4O2. The molecule has 0 saturated carbocycles. The van der Waals surface area contributed by atoms with E-state index in [0.29, 0.717) is 48.0 Å². The van der Waals surface area contributed by atoms with E-state index in [9.17, 15) is 4.79 Å². The van der Waals surface area contributed by atoms with Crippen molar-refractivity contribution >= 4 is 11.9 Å². The Bertz CT molecular complexity index is 1170. The lowest BCUT2D eigenvalue weighted by molar-refractivity contribution is 0.0498. The molecule has 2 aromatic carbocycles. The third-order valence-corrected chi connectivity index (χ3v) is 6.79. The van der Waals surface area contributed by atoms with E-state index in [-0.39, 0.29) is 11.9 Å². The van der Waals surface area contributed by atoms with Gasteiger partial charge in [-0.15, -0.1) is 0 Å². The molecule has 1 aromatic heterocycles. The van der Waals surface area contributed by atoms with Crippen LogP contribution in [0.15, 0.2) is 54.6 Å². The SMILES string of the molecule is CCC(COC)N(Cc1ccccc1)C(=O)c1c(C)nc(N2CCCCC2)nc1-c1ccccc1F. The highest BCUT2D eigenvalue weighted by Crippen LogP contribution is 2.31. The van der Waals surface area contributed by atoms with Gasteiger partial charge in [-0.2, -0.15) is 0 Å². The predicted molar refractivity (Wildman–Crippen MR) is 140 cm³/mol. The molecule has 0 N–H and O–H groups in total. The smallest absolute Gasteiger partial charge is 0.258 e. The van der Waals surface area contributed by atoms with Gasteiger partial charge in [0.05, 0.1) is 29.6 Å². The van der Waals surface area contributed by atoms with Crippen LogP contribution in [-0.4, -0.2) is 53.6 Å². The second-order valence-electron chi connectivity index (χ2n) is 9.30. The number of carbonyl (C=O) groups is 1. The normalized spacial score (nSPS) is 14.5. The summed E-state index contributed by atoms with van der Waals surface area (Å²) in [6.07, 6.45) is 4.03. The third kappa shape index (κ3) is 5.73. The summed E-state index contributed by atoms with van der Waals surface area (Å²) < 4.78 is 20.6. The summed E-state index contributed by atoms with van der Waals surface area (Å²) in [6, 6.07) is 16.2. The van der Waals surface area contributed by atoms with Crippen molar-refractivity contribution in [3.63, 3.8) is 0 Å². The molecular weight excluding hydrogens is 455 g/mol. The second-order valence-corrected chi connectivity index (χ2v) is 9.30. The number of anilines is 1. The molecule has 2 heterocycles. The zero-order valence-corrected chi connectivity index (χ0v) is 21.4. The van der Waals surface area contributed by atoms with Gasteiger partial charge in [-0.25, -0.2) is 14.4 Å². The predicted octanol–water partition coefficient (Wildman–Crippen LogP) is 5.65. The van der Waals surface area contributed by atoms with Crippen LogP contribution < -0.4 is 4.90 Å². The number of aromatic nitrogens is 2. The maximum atomic E-state index is 15.1. The summed E-state index contributed by atoms with van der Waals surface area (Å²) in [6.45, 7) is 6.38. The molecule has 6 nitrogen and oxygen atoms in total. The van der Waals surface area contributed by atoms with Crippen LogP contribution in [0.25, 0.3) is 11.3 Å². The first kappa shape index (κ1) is 25.8. The number of amides is 1. The topological polar surface area (TPSA) is 58.6 Å². The monoisotopic (exact) mass is 490 g/mol. The van der Waals surface area contributed by atoms with Crippen molar-refractivity contribution in [1.82, 2.24) is 14.9 Å². The number of halogens is 1. The Morgan fingerprint density at radius 2 is 1.75 bits per heavy atom. The van der Waals surface area contributed by atoms with Crippen molar-refractivity contribution < 1.29 is 13.9 Å². The van der Waals surface area contributed by atoms with Gasteiger partial charge in [0.25, 0.3) is 5.91 Å². The minimum atomic E-state index is -0.409. The van der Waals surface area contributed by atoms with Crippen molar-refractivity contribution in [3.8, 4) is 11.3 Å². The Morgan fingerprint density at radius 1 is 1.06 bits per heavy atom. The minimum Gasteiger partial charge on any atom is -0.383 e. The number of methoxy groups -OCH3 is 1. The maximum absolute atomic E-state index is 15.1. The van der Waals surface area contributed by atoms with Crippen LogP contribution in [0.3, 0.4) is 0 Å². The van der Waals surface area contributed by atoms with E-state index in [1.165, 1.54) is 12.5 Å². The minimum absolute atomic E-state index is 0.155. The molecule has 1 unspecified atom stereocenters. The zero-order chi connectivity index (χ0) is 25.5. The highest BCUT2D eigenvalue weighted by Gasteiger charge is 2.30. The lowest BCUT2D eigenvalue weighted by Gasteiger charge is -2.32. The summed E-state index contributed by atoms with van der Waals surface area (Å²) >= 11 is 0. The fraction of sp³-hybridized carbons (Fsp3) is 0.414. The van der Waals surface area contributed by atoms with Crippen LogP contribution in [0.2, 0.25) is 0 Å². The van der Waals surface area contributed by atoms with Crippen molar-refractivity contribution in [2.75, 3.05) is 31.7 Å². The van der Waals surface area contributed by atoms with Gasteiger partial charge in [0.1, 0.15) is 5.82 Å². The molecule has 0 spiro atoms. The summed E-state index contributed by atoms with van der Waals surface area (Å²) in [4.78, 5) is 27.8. The lowest BCUT2D eigenvalue weighted by Crippen LogP contribution is -2.43. The fourth-order valence-corrected chi connectivity index (χ4v) is 4.81. The Labute approximate surface area is 213 Å². The maximum Gasteiger partial charge on any atom is 0.258 e. The van der Waals surface area contributed by atoms with E-state index in [1.54, 1.807) is 25.3 Å². The Hall–Kier alpha value is -3.32. The fourth-order valence-electron chi connectivity index (χ4n) is 4.81. The molecule has 0 aliphatic carbocycles. The van der Waals surface area contributed by atoms with E-state index < -0.39 is 5.82 Å². The van der Waals surface area contributed by atoms with Crippen molar-refractivity contribution in [1.29, 1.82) is 0 Å². The molecule has 1 fully saturated rings. The highest BCUT2D eigenvalue weighted by molar-refractivity contribution is 6.01. The summed E-state index contributed by atoms with van der Waals surface area (Å²) in [5, 5.41) is 0. The average molecular weight is 491 g/mol. The van der Waals surface area contributed by atoms with E-state index in [0.717, 1.165) is 31.5 Å². The van der Waals surface area contributed by atoms with Crippen LogP contribution in [0, 0.1) is 12.7 Å². The van der Waals surface area contributed by atoms with Crippen LogP contribution in [-0.2, 0) is 11.3 Å².